The maximum Gasteiger partial charge on any atom is 0.266 e. The van der Waals surface area contributed by atoms with Crippen molar-refractivity contribution in [2.45, 2.75) is 19.8 Å². The van der Waals surface area contributed by atoms with E-state index in [0.29, 0.717) is 29.0 Å². The largest absolute Gasteiger partial charge is 0.494 e. The average molecular weight is 494 g/mol. The van der Waals surface area contributed by atoms with Crippen LogP contribution in [0.4, 0.5) is 0 Å². The quantitative estimate of drug-likeness (QED) is 0.209. The van der Waals surface area contributed by atoms with E-state index in [2.05, 4.69) is 6.92 Å². The lowest BCUT2D eigenvalue weighted by Gasteiger charge is -2.12. The number of hydrogen-bond donors (Lipinski definition) is 0. The summed E-state index contributed by atoms with van der Waals surface area (Å²) in [4.78, 5) is 15.2. The molecule has 6 nitrogen and oxygen atoms in total. The Morgan fingerprint density at radius 1 is 1.12 bits per heavy atom. The number of benzene rings is 2. The Bertz CT molecular complexity index is 1190. The van der Waals surface area contributed by atoms with Crippen LogP contribution in [0.5, 0.6) is 5.75 Å². The third-order valence-corrected chi connectivity index (χ3v) is 6.69. The number of amides is 1. The van der Waals surface area contributed by atoms with E-state index in [-0.39, 0.29) is 5.91 Å². The number of ether oxygens (including phenoxy) is 2. The molecule has 1 aliphatic rings. The monoisotopic (exact) mass is 493 g/mol. The minimum Gasteiger partial charge on any atom is -0.494 e. The van der Waals surface area contributed by atoms with Crippen LogP contribution >= 0.6 is 24.0 Å². The highest BCUT2D eigenvalue weighted by Gasteiger charge is 2.32. The second-order valence-electron chi connectivity index (χ2n) is 7.77. The summed E-state index contributed by atoms with van der Waals surface area (Å²) in [5.41, 5.74) is 3.46. The molecule has 1 amide bonds. The molecule has 1 aliphatic heterocycles. The second kappa shape index (κ2) is 11.5. The van der Waals surface area contributed by atoms with Crippen LogP contribution in [0, 0.1) is 0 Å². The molecule has 0 saturated carbocycles. The van der Waals surface area contributed by atoms with E-state index in [0.717, 1.165) is 41.1 Å². The summed E-state index contributed by atoms with van der Waals surface area (Å²) >= 11 is 6.74. The number of thioether (sulfide) groups is 1. The fraction of sp³-hybridized carbons (Fsp3) is 0.269. The Morgan fingerprint density at radius 3 is 2.71 bits per heavy atom. The third kappa shape index (κ3) is 5.58. The maximum absolute atomic E-state index is 13.0. The molecule has 0 spiro atoms. The van der Waals surface area contributed by atoms with Gasteiger partial charge in [0.05, 0.1) is 30.4 Å². The van der Waals surface area contributed by atoms with Gasteiger partial charge in [-0.2, -0.15) is 5.10 Å². The lowest BCUT2D eigenvalue weighted by molar-refractivity contribution is -0.122. The molecule has 4 rings (SSSR count). The summed E-state index contributed by atoms with van der Waals surface area (Å²) < 4.78 is 13.4. The van der Waals surface area contributed by atoms with Crippen molar-refractivity contribution in [1.82, 2.24) is 14.7 Å². The molecule has 1 saturated heterocycles. The van der Waals surface area contributed by atoms with Crippen LogP contribution in [0.3, 0.4) is 0 Å². The van der Waals surface area contributed by atoms with Gasteiger partial charge in [0.15, 0.2) is 0 Å². The van der Waals surface area contributed by atoms with Crippen LogP contribution in [0.2, 0.25) is 0 Å². The Kier molecular flexibility index (Phi) is 8.16. The molecule has 2 aromatic carbocycles. The van der Waals surface area contributed by atoms with Crippen molar-refractivity contribution in [3.05, 3.63) is 71.3 Å². The Hall–Kier alpha value is -2.94. The highest BCUT2D eigenvalue weighted by atomic mass is 32.2. The van der Waals surface area contributed by atoms with Crippen molar-refractivity contribution in [2.75, 3.05) is 26.9 Å². The standard InChI is InChI=1S/C26H27N3O3S2/c1-3-4-14-32-22-12-8-9-19(16-22)24-20(18-29(27-24)21-10-6-5-7-11-21)17-23-25(30)28(13-15-31-2)26(33)34-23/h5-12,16-18H,3-4,13-15H2,1-2H3. The van der Waals surface area contributed by atoms with Crippen molar-refractivity contribution in [3.63, 3.8) is 0 Å². The van der Waals surface area contributed by atoms with E-state index in [9.17, 15) is 4.79 Å². The molecule has 0 atom stereocenters. The van der Waals surface area contributed by atoms with Crippen molar-refractivity contribution >= 4 is 40.3 Å². The zero-order valence-corrected chi connectivity index (χ0v) is 20.9. The molecule has 3 aromatic rings. The molecule has 2 heterocycles. The van der Waals surface area contributed by atoms with E-state index in [1.807, 2.05) is 71.6 Å². The van der Waals surface area contributed by atoms with Crippen LogP contribution in [0.1, 0.15) is 25.3 Å². The van der Waals surface area contributed by atoms with Gasteiger partial charge in [-0.15, -0.1) is 0 Å². The molecular formula is C26H27N3O3S2. The summed E-state index contributed by atoms with van der Waals surface area (Å²) in [6.07, 6.45) is 5.90. The summed E-state index contributed by atoms with van der Waals surface area (Å²) in [5.74, 6) is 0.694. The number of rotatable bonds is 10. The summed E-state index contributed by atoms with van der Waals surface area (Å²) in [6, 6.07) is 17.8. The van der Waals surface area contributed by atoms with Crippen LogP contribution in [0.25, 0.3) is 23.0 Å². The Balaban J connectivity index is 1.72. The van der Waals surface area contributed by atoms with Gasteiger partial charge < -0.3 is 9.47 Å². The molecule has 176 valence electrons. The number of para-hydroxylation sites is 1. The zero-order chi connectivity index (χ0) is 23.9. The topological polar surface area (TPSA) is 56.6 Å². The van der Waals surface area contributed by atoms with E-state index < -0.39 is 0 Å². The summed E-state index contributed by atoms with van der Waals surface area (Å²) in [6.45, 7) is 3.68. The molecule has 0 radical (unpaired) electrons. The molecule has 0 bridgehead atoms. The summed E-state index contributed by atoms with van der Waals surface area (Å²) in [7, 11) is 1.61. The third-order valence-electron chi connectivity index (χ3n) is 5.32. The number of thiocarbonyl (C=S) groups is 1. The second-order valence-corrected chi connectivity index (χ2v) is 9.44. The first-order valence-corrected chi connectivity index (χ1v) is 12.5. The van der Waals surface area contributed by atoms with E-state index >= 15 is 0 Å². The fourth-order valence-corrected chi connectivity index (χ4v) is 4.81. The van der Waals surface area contributed by atoms with Crippen molar-refractivity contribution in [3.8, 4) is 22.7 Å². The lowest BCUT2D eigenvalue weighted by atomic mass is 10.1. The van der Waals surface area contributed by atoms with Gasteiger partial charge in [0.25, 0.3) is 5.91 Å². The molecule has 1 aromatic heterocycles. The van der Waals surface area contributed by atoms with Crippen molar-refractivity contribution in [1.29, 1.82) is 0 Å². The van der Waals surface area contributed by atoms with Gasteiger partial charge in [0, 0.05) is 24.4 Å². The normalized spacial score (nSPS) is 14.9. The van der Waals surface area contributed by atoms with Crippen LogP contribution in [-0.2, 0) is 9.53 Å². The van der Waals surface area contributed by atoms with Crippen LogP contribution in [0.15, 0.2) is 65.7 Å². The first-order valence-electron chi connectivity index (χ1n) is 11.2. The fourth-order valence-electron chi connectivity index (χ4n) is 3.51. The number of hydrogen-bond acceptors (Lipinski definition) is 6. The highest BCUT2D eigenvalue weighted by Crippen LogP contribution is 2.35. The zero-order valence-electron chi connectivity index (χ0n) is 19.3. The lowest BCUT2D eigenvalue weighted by Crippen LogP contribution is -2.31. The van der Waals surface area contributed by atoms with Gasteiger partial charge in [-0.1, -0.05) is 67.7 Å². The van der Waals surface area contributed by atoms with Gasteiger partial charge >= 0.3 is 0 Å². The summed E-state index contributed by atoms with van der Waals surface area (Å²) in [5, 5.41) is 4.87. The Morgan fingerprint density at radius 2 is 1.94 bits per heavy atom. The SMILES string of the molecule is CCCCOc1cccc(-c2nn(-c3ccccc3)cc2C=C2SC(=S)N(CCOC)C2=O)c1. The predicted molar refractivity (Wildman–Crippen MR) is 141 cm³/mol. The molecule has 8 heteroatoms. The van der Waals surface area contributed by atoms with E-state index in [1.54, 1.807) is 12.0 Å². The number of aromatic nitrogens is 2. The minimum atomic E-state index is -0.109. The van der Waals surface area contributed by atoms with Gasteiger partial charge in [-0.25, -0.2) is 4.68 Å². The van der Waals surface area contributed by atoms with Gasteiger partial charge in [-0.05, 0) is 36.8 Å². The van der Waals surface area contributed by atoms with Crippen molar-refractivity contribution in [2.24, 2.45) is 0 Å². The number of carbonyl (C=O) groups excluding carboxylic acids is 1. The molecule has 1 fully saturated rings. The van der Waals surface area contributed by atoms with Gasteiger partial charge in [0.2, 0.25) is 0 Å². The predicted octanol–water partition coefficient (Wildman–Crippen LogP) is 5.57. The van der Waals surface area contributed by atoms with Crippen LogP contribution < -0.4 is 4.74 Å². The highest BCUT2D eigenvalue weighted by molar-refractivity contribution is 8.26. The van der Waals surface area contributed by atoms with E-state index in [4.69, 9.17) is 26.8 Å². The van der Waals surface area contributed by atoms with E-state index in [1.165, 1.54) is 11.8 Å². The average Bonchev–Trinajstić information content (AvgIpc) is 3.39. The number of nitrogens with zero attached hydrogens (tertiary/aromatic N) is 3. The molecule has 34 heavy (non-hydrogen) atoms. The number of carbonyl (C=O) groups is 1. The first kappa shape index (κ1) is 24.2. The number of unbranched alkanes of at least 4 members (excludes halogenated alkanes) is 1. The Labute approximate surface area is 209 Å². The van der Waals surface area contributed by atoms with Gasteiger partial charge in [0.1, 0.15) is 15.8 Å². The maximum atomic E-state index is 13.0. The van der Waals surface area contributed by atoms with Crippen molar-refractivity contribution < 1.29 is 14.3 Å². The minimum absolute atomic E-state index is 0.109. The van der Waals surface area contributed by atoms with Crippen LogP contribution in [-0.4, -0.2) is 51.8 Å². The molecule has 0 unspecified atom stereocenters. The molecule has 0 N–H and O–H groups in total. The smallest absolute Gasteiger partial charge is 0.266 e. The first-order chi connectivity index (χ1) is 16.6. The number of methoxy groups -OCH3 is 1. The van der Waals surface area contributed by atoms with Gasteiger partial charge in [-0.3, -0.25) is 9.69 Å². The molecule has 0 aliphatic carbocycles. The molecular weight excluding hydrogens is 466 g/mol.